The van der Waals surface area contributed by atoms with Crippen molar-refractivity contribution in [3.05, 3.63) is 0 Å². The zero-order valence-electron chi connectivity index (χ0n) is 48.2. The Labute approximate surface area is 471 Å². The zero-order chi connectivity index (χ0) is 58.2. The van der Waals surface area contributed by atoms with E-state index >= 15 is 0 Å². The molecule has 0 aromatic carbocycles. The van der Waals surface area contributed by atoms with Crippen LogP contribution in [0.1, 0.15) is 220 Å². The Kier molecular flexibility index (Phi) is 36.7. The smallest absolute Gasteiger partial charge is 0.364 e. The third kappa shape index (κ3) is 24.8. The highest BCUT2D eigenvalue weighted by atomic mass is 16.8. The molecule has 5 unspecified atom stereocenters. The van der Waals surface area contributed by atoms with Crippen LogP contribution in [-0.2, 0) is 38.0 Å². The molecule has 0 aliphatic carbocycles. The second kappa shape index (κ2) is 40.5. The maximum Gasteiger partial charge on any atom is 0.364 e. The summed E-state index contributed by atoms with van der Waals surface area (Å²) in [6.07, 6.45) is 4.84. The average Bonchev–Trinajstić information content (AvgIpc) is 3.57. The fourth-order valence-corrected chi connectivity index (χ4v) is 11.1. The van der Waals surface area contributed by atoms with Crippen LogP contribution in [0.3, 0.4) is 0 Å². The summed E-state index contributed by atoms with van der Waals surface area (Å²) < 4.78 is 34.8. The molecule has 0 spiro atoms. The van der Waals surface area contributed by atoms with Gasteiger partial charge in [-0.15, -0.1) is 0 Å². The minimum atomic E-state index is -2.80. The fourth-order valence-electron chi connectivity index (χ4n) is 11.1. The first-order chi connectivity index (χ1) is 38.0. The van der Waals surface area contributed by atoms with Crippen LogP contribution in [-0.4, -0.2) is 203 Å². The summed E-state index contributed by atoms with van der Waals surface area (Å²) in [5.41, 5.74) is 0. The minimum Gasteiger partial charge on any atom is -0.477 e. The van der Waals surface area contributed by atoms with Gasteiger partial charge in [-0.25, -0.2) is 4.79 Å². The monoisotopic (exact) mass is 1140 g/mol. The van der Waals surface area contributed by atoms with E-state index in [0.29, 0.717) is 12.8 Å². The number of aliphatic carboxylic acids is 1. The second-order valence-electron chi connectivity index (χ2n) is 22.9. The van der Waals surface area contributed by atoms with Gasteiger partial charge in [-0.2, -0.15) is 0 Å². The zero-order valence-corrected chi connectivity index (χ0v) is 48.2. The van der Waals surface area contributed by atoms with Crippen molar-refractivity contribution in [1.82, 2.24) is 5.32 Å². The van der Waals surface area contributed by atoms with Crippen molar-refractivity contribution < 1.29 is 99.3 Å². The summed E-state index contributed by atoms with van der Waals surface area (Å²) in [4.78, 5) is 26.2. The number of hydrogen-bond donors (Lipinski definition) is 13. The number of carboxylic acids is 1. The van der Waals surface area contributed by atoms with Gasteiger partial charge in [-0.05, 0) is 19.3 Å². The summed E-state index contributed by atoms with van der Waals surface area (Å²) in [7, 11) is 0. The average molecular weight is 1140 g/mol. The summed E-state index contributed by atoms with van der Waals surface area (Å²) in [6, 6.07) is -1.19. The first-order valence-electron chi connectivity index (χ1n) is 30.7. The highest BCUT2D eigenvalue weighted by Gasteiger charge is 2.59. The molecule has 21 nitrogen and oxygen atoms in total. The van der Waals surface area contributed by atoms with E-state index < -0.39 is 148 Å². The van der Waals surface area contributed by atoms with E-state index in [0.717, 1.165) is 51.4 Å². The van der Waals surface area contributed by atoms with Crippen molar-refractivity contribution in [2.24, 2.45) is 5.92 Å². The molecule has 466 valence electrons. The number of aliphatic hydroxyl groups is 11. The predicted molar refractivity (Wildman–Crippen MR) is 293 cm³/mol. The maximum atomic E-state index is 13.4. The molecule has 0 aromatic heterocycles. The molecule has 0 saturated carbocycles. The van der Waals surface area contributed by atoms with Gasteiger partial charge in [0, 0.05) is 25.4 Å². The van der Waals surface area contributed by atoms with Crippen molar-refractivity contribution in [2.45, 2.75) is 324 Å². The Morgan fingerprint density at radius 2 is 1.08 bits per heavy atom. The molecule has 3 aliphatic rings. The lowest BCUT2D eigenvalue weighted by molar-refractivity contribution is -0.387. The van der Waals surface area contributed by atoms with Gasteiger partial charge in [-0.3, -0.25) is 4.79 Å². The molecule has 0 bridgehead atoms. The molecule has 79 heavy (non-hydrogen) atoms. The van der Waals surface area contributed by atoms with E-state index in [1.165, 1.54) is 116 Å². The van der Waals surface area contributed by atoms with E-state index in [1.807, 2.05) is 0 Å². The lowest BCUT2D eigenvalue weighted by Crippen LogP contribution is -2.68. The first-order valence-corrected chi connectivity index (χ1v) is 30.7. The number of rotatable bonds is 45. The van der Waals surface area contributed by atoms with Crippen molar-refractivity contribution in [3.63, 3.8) is 0 Å². The number of carbonyl (C=O) groups excluding carboxylic acids is 1. The number of aliphatic hydroxyl groups excluding tert-OH is 11. The predicted octanol–water partition coefficient (Wildman–Crippen LogP) is 4.52. The Balaban J connectivity index is 1.63. The number of unbranched alkanes of at least 4 members (excludes halogenated alkanes) is 25. The van der Waals surface area contributed by atoms with E-state index in [2.05, 4.69) is 19.2 Å². The minimum absolute atomic E-state index is 0.165. The summed E-state index contributed by atoms with van der Waals surface area (Å²) in [5.74, 6) is -5.84. The van der Waals surface area contributed by atoms with Crippen LogP contribution in [0.4, 0.5) is 0 Å². The Hall–Kier alpha value is -1.74. The topological polar surface area (TPSA) is 344 Å². The van der Waals surface area contributed by atoms with Gasteiger partial charge in [0.25, 0.3) is 5.79 Å². The summed E-state index contributed by atoms with van der Waals surface area (Å²) in [5, 5.41) is 133. The molecule has 0 radical (unpaired) electrons. The molecular formula is C58H109NO20. The van der Waals surface area contributed by atoms with Crippen molar-refractivity contribution in [2.75, 3.05) is 26.4 Å². The normalized spacial score (nSPS) is 30.9. The first kappa shape index (κ1) is 71.5. The molecule has 13 N–H and O–H groups in total. The van der Waals surface area contributed by atoms with Gasteiger partial charge in [0.15, 0.2) is 12.6 Å². The molecule has 3 saturated heterocycles. The number of carbonyl (C=O) groups is 2. The van der Waals surface area contributed by atoms with Crippen molar-refractivity contribution in [1.29, 1.82) is 0 Å². The largest absolute Gasteiger partial charge is 0.477 e. The third-order valence-electron chi connectivity index (χ3n) is 16.3. The van der Waals surface area contributed by atoms with Crippen LogP contribution >= 0.6 is 0 Å². The van der Waals surface area contributed by atoms with E-state index in [9.17, 15) is 70.9 Å². The molecule has 3 heterocycles. The van der Waals surface area contributed by atoms with Crippen LogP contribution in [0, 0.1) is 5.92 Å². The van der Waals surface area contributed by atoms with Crippen molar-refractivity contribution >= 4 is 11.9 Å². The van der Waals surface area contributed by atoms with Crippen LogP contribution in [0.15, 0.2) is 0 Å². The molecule has 3 rings (SSSR count). The standard InChI is InChI=1S/C58H109NO20/c1-4-6-8-10-12-14-16-18-19-20-22-24-26-28-30-32-46(66)59-40(47(67)41(63)31-29-27-25-23-21-17-15-13-11-9-7-5-2)38-74-55-50(70)49(69)53(45(37-62)76-55)77-56-51(71)54(48(68)44(36-61)75-56)79-58(57(72)73)35-43(65)39(3)52(78-58)42(64)33-34-60/h39-45,47-56,60-65,67-71H,4-38H2,1-3H3,(H,59,66)(H,72,73)/t39-,40+,41-,42-,43?,44?,45+,47+,48+,49?,50?,51?,52-,53-,54+,55-,56+,58+/m1/s1. The quantitative estimate of drug-likeness (QED) is 0.0373. The van der Waals surface area contributed by atoms with Gasteiger partial charge >= 0.3 is 5.97 Å². The van der Waals surface area contributed by atoms with E-state index in [1.54, 1.807) is 0 Å². The van der Waals surface area contributed by atoms with Crippen LogP contribution in [0.5, 0.6) is 0 Å². The second-order valence-corrected chi connectivity index (χ2v) is 22.9. The third-order valence-corrected chi connectivity index (χ3v) is 16.3. The molecule has 21 heteroatoms. The highest BCUT2D eigenvalue weighted by Crippen LogP contribution is 2.40. The van der Waals surface area contributed by atoms with E-state index in [4.69, 9.17) is 28.4 Å². The molecule has 18 atom stereocenters. The summed E-state index contributed by atoms with van der Waals surface area (Å²) >= 11 is 0. The summed E-state index contributed by atoms with van der Waals surface area (Å²) in [6.45, 7) is 3.11. The number of nitrogens with one attached hydrogen (secondary N) is 1. The number of hydrogen-bond acceptors (Lipinski definition) is 19. The van der Waals surface area contributed by atoms with Gasteiger partial charge < -0.3 is 95.0 Å². The van der Waals surface area contributed by atoms with Crippen molar-refractivity contribution in [3.8, 4) is 0 Å². The number of amides is 1. The van der Waals surface area contributed by atoms with Gasteiger partial charge in [0.1, 0.15) is 54.9 Å². The van der Waals surface area contributed by atoms with E-state index in [-0.39, 0.29) is 25.2 Å². The Bertz CT molecular complexity index is 1570. The highest BCUT2D eigenvalue weighted by molar-refractivity contribution is 5.76. The molecule has 3 fully saturated rings. The van der Waals surface area contributed by atoms with Gasteiger partial charge in [0.2, 0.25) is 5.91 Å². The lowest BCUT2D eigenvalue weighted by Gasteiger charge is -2.50. The Morgan fingerprint density at radius 1 is 0.595 bits per heavy atom. The molecule has 0 aromatic rings. The van der Waals surface area contributed by atoms with Crippen LogP contribution in [0.2, 0.25) is 0 Å². The Morgan fingerprint density at radius 3 is 1.56 bits per heavy atom. The fraction of sp³-hybridized carbons (Fsp3) is 0.966. The SMILES string of the molecule is CCCCCCCCCCCCCCCCCC(=O)N[C@@H](CO[C@@H]1O[C@@H](CO)[C@@H](O[C@@H]2OC(CO)[C@H](O)[C@H](O[C@]3(C(=O)O)CC(O)[C@@H](C)[C@H]([C@H](O)CCO)O3)C2O)C(O)C1O)[C@H](O)[C@H](O)CCCCCCCCCCCCCC. The van der Waals surface area contributed by atoms with Gasteiger partial charge in [-0.1, -0.05) is 188 Å². The van der Waals surface area contributed by atoms with Crippen LogP contribution < -0.4 is 5.32 Å². The molecular weight excluding hydrogens is 1030 g/mol. The lowest BCUT2D eigenvalue weighted by atomic mass is 9.85. The molecule has 1 amide bonds. The maximum absolute atomic E-state index is 13.4. The van der Waals surface area contributed by atoms with Crippen LogP contribution in [0.25, 0.3) is 0 Å². The number of ether oxygens (including phenoxy) is 6. The van der Waals surface area contributed by atoms with Gasteiger partial charge in [0.05, 0.1) is 50.3 Å². The number of carboxylic acid groups (broad SMARTS) is 1. The molecule has 3 aliphatic heterocycles.